The van der Waals surface area contributed by atoms with Crippen molar-refractivity contribution in [2.75, 3.05) is 31.2 Å². The number of carbonyl (C=O) groups is 1. The van der Waals surface area contributed by atoms with Gasteiger partial charge in [-0.15, -0.1) is 0 Å². The average molecular weight is 345 g/mol. The fourth-order valence-corrected chi connectivity index (χ4v) is 2.89. The average Bonchev–Trinajstić information content (AvgIpc) is 3.38. The molecule has 132 valence electrons. The highest BCUT2D eigenvalue weighted by Crippen LogP contribution is 2.37. The van der Waals surface area contributed by atoms with Crippen molar-refractivity contribution in [2.24, 2.45) is 0 Å². The first kappa shape index (κ1) is 16.0. The van der Waals surface area contributed by atoms with Crippen molar-refractivity contribution in [2.45, 2.75) is 25.3 Å². The number of H-pyrrole nitrogens is 1. The number of nitrogens with zero attached hydrogens (tertiary/aromatic N) is 3. The van der Waals surface area contributed by atoms with Crippen LogP contribution in [-0.4, -0.2) is 47.4 Å². The van der Waals surface area contributed by atoms with Crippen LogP contribution >= 0.6 is 0 Å². The Labute approximate surface area is 144 Å². The van der Waals surface area contributed by atoms with Crippen LogP contribution in [0.15, 0.2) is 18.2 Å². The SMILES string of the molecule is O=C(NCc1nc(C2CC2)n[nH]1)c1ccc(N2CCOCC2)c(F)c1. The molecule has 2 N–H and O–H groups in total. The smallest absolute Gasteiger partial charge is 0.251 e. The standard InChI is InChI=1S/C17H20FN5O2/c18-13-9-12(3-4-14(13)23-5-7-25-8-6-23)17(24)19-10-15-20-16(22-21-15)11-1-2-11/h3-4,9,11H,1-2,5-8,10H2,(H,19,24)(H,20,21,22). The number of nitrogens with one attached hydrogen (secondary N) is 2. The molecule has 0 unspecified atom stereocenters. The Morgan fingerprint density at radius 2 is 2.16 bits per heavy atom. The lowest BCUT2D eigenvalue weighted by atomic mass is 10.1. The van der Waals surface area contributed by atoms with Gasteiger partial charge in [-0.1, -0.05) is 0 Å². The number of halogens is 1. The van der Waals surface area contributed by atoms with Crippen LogP contribution in [0.25, 0.3) is 0 Å². The topological polar surface area (TPSA) is 83.1 Å². The molecule has 2 aromatic rings. The summed E-state index contributed by atoms with van der Waals surface area (Å²) in [4.78, 5) is 18.5. The number of benzene rings is 1. The normalized spacial score (nSPS) is 17.6. The molecule has 1 aliphatic carbocycles. The van der Waals surface area contributed by atoms with Gasteiger partial charge in [0.25, 0.3) is 5.91 Å². The van der Waals surface area contributed by atoms with Crippen molar-refractivity contribution >= 4 is 11.6 Å². The van der Waals surface area contributed by atoms with Crippen LogP contribution in [0.4, 0.5) is 10.1 Å². The Balaban J connectivity index is 1.38. The number of aromatic amines is 1. The minimum absolute atomic E-state index is 0.241. The number of ether oxygens (including phenoxy) is 1. The first-order chi connectivity index (χ1) is 12.2. The van der Waals surface area contributed by atoms with Crippen molar-refractivity contribution in [1.29, 1.82) is 0 Å². The third-order valence-electron chi connectivity index (χ3n) is 4.47. The zero-order valence-corrected chi connectivity index (χ0v) is 13.8. The monoisotopic (exact) mass is 345 g/mol. The Hall–Kier alpha value is -2.48. The molecule has 2 aliphatic rings. The molecule has 1 aromatic carbocycles. The van der Waals surface area contributed by atoms with Gasteiger partial charge in [-0.05, 0) is 31.0 Å². The largest absolute Gasteiger partial charge is 0.378 e. The lowest BCUT2D eigenvalue weighted by molar-refractivity contribution is 0.0949. The predicted molar refractivity (Wildman–Crippen MR) is 89.0 cm³/mol. The van der Waals surface area contributed by atoms with Crippen LogP contribution in [0.5, 0.6) is 0 Å². The number of carbonyl (C=O) groups excluding carboxylic acids is 1. The van der Waals surface area contributed by atoms with E-state index >= 15 is 0 Å². The minimum Gasteiger partial charge on any atom is -0.378 e. The molecule has 2 heterocycles. The van der Waals surface area contributed by atoms with Gasteiger partial charge in [0.2, 0.25) is 0 Å². The van der Waals surface area contributed by atoms with Crippen molar-refractivity contribution in [3.05, 3.63) is 41.2 Å². The van der Waals surface area contributed by atoms with Gasteiger partial charge in [-0.25, -0.2) is 9.37 Å². The fraction of sp³-hybridized carbons (Fsp3) is 0.471. The number of hydrogen-bond donors (Lipinski definition) is 2. The zero-order chi connectivity index (χ0) is 17.2. The van der Waals surface area contributed by atoms with Crippen LogP contribution in [-0.2, 0) is 11.3 Å². The highest BCUT2D eigenvalue weighted by molar-refractivity contribution is 5.94. The molecule has 0 bridgehead atoms. The molecule has 25 heavy (non-hydrogen) atoms. The summed E-state index contributed by atoms with van der Waals surface area (Å²) in [6.07, 6.45) is 2.25. The van der Waals surface area contributed by atoms with Crippen LogP contribution in [0.2, 0.25) is 0 Å². The van der Waals surface area contributed by atoms with Crippen LogP contribution in [0, 0.1) is 5.82 Å². The second-order valence-corrected chi connectivity index (χ2v) is 6.36. The molecule has 1 saturated carbocycles. The lowest BCUT2D eigenvalue weighted by Gasteiger charge is -2.29. The molecule has 8 heteroatoms. The molecule has 1 aromatic heterocycles. The van der Waals surface area contributed by atoms with Gasteiger partial charge in [0.05, 0.1) is 25.4 Å². The van der Waals surface area contributed by atoms with Gasteiger partial charge in [0, 0.05) is 24.6 Å². The van der Waals surface area contributed by atoms with Gasteiger partial charge in [-0.2, -0.15) is 5.10 Å². The van der Waals surface area contributed by atoms with E-state index in [9.17, 15) is 9.18 Å². The number of anilines is 1. The molecular weight excluding hydrogens is 325 g/mol. The number of amides is 1. The van der Waals surface area contributed by atoms with E-state index in [0.717, 1.165) is 18.7 Å². The minimum atomic E-state index is -0.398. The summed E-state index contributed by atoms with van der Waals surface area (Å²) in [5.74, 6) is 1.15. The van der Waals surface area contributed by atoms with Crippen molar-refractivity contribution in [3.63, 3.8) is 0 Å². The van der Waals surface area contributed by atoms with Crippen molar-refractivity contribution in [3.8, 4) is 0 Å². The Morgan fingerprint density at radius 3 is 2.88 bits per heavy atom. The number of aromatic nitrogens is 3. The van der Waals surface area contributed by atoms with E-state index in [1.165, 1.54) is 6.07 Å². The molecule has 0 atom stereocenters. The van der Waals surface area contributed by atoms with E-state index in [2.05, 4.69) is 20.5 Å². The molecular formula is C17H20FN5O2. The summed E-state index contributed by atoms with van der Waals surface area (Å²) in [7, 11) is 0. The summed E-state index contributed by atoms with van der Waals surface area (Å²) in [5.41, 5.74) is 0.792. The Morgan fingerprint density at radius 1 is 1.36 bits per heavy atom. The van der Waals surface area contributed by atoms with Gasteiger partial charge in [0.15, 0.2) is 5.82 Å². The van der Waals surface area contributed by atoms with Crippen LogP contribution in [0.3, 0.4) is 0 Å². The number of hydrogen-bond acceptors (Lipinski definition) is 5. The summed E-state index contributed by atoms with van der Waals surface area (Å²) < 4.78 is 19.6. The lowest BCUT2D eigenvalue weighted by Crippen LogP contribution is -2.36. The second-order valence-electron chi connectivity index (χ2n) is 6.36. The van der Waals surface area contributed by atoms with Gasteiger partial charge < -0.3 is 15.0 Å². The summed E-state index contributed by atoms with van der Waals surface area (Å²) in [6.45, 7) is 2.71. The molecule has 2 fully saturated rings. The van der Waals surface area contributed by atoms with Crippen molar-refractivity contribution in [1.82, 2.24) is 20.5 Å². The molecule has 0 radical (unpaired) electrons. The van der Waals surface area contributed by atoms with E-state index in [-0.39, 0.29) is 18.0 Å². The molecule has 7 nitrogen and oxygen atoms in total. The highest BCUT2D eigenvalue weighted by atomic mass is 19.1. The third-order valence-corrected chi connectivity index (χ3v) is 4.47. The van der Waals surface area contributed by atoms with E-state index in [1.54, 1.807) is 12.1 Å². The fourth-order valence-electron chi connectivity index (χ4n) is 2.89. The summed E-state index contributed by atoms with van der Waals surface area (Å²) >= 11 is 0. The third kappa shape index (κ3) is 3.63. The maximum Gasteiger partial charge on any atom is 0.251 e. The van der Waals surface area contributed by atoms with Crippen molar-refractivity contribution < 1.29 is 13.9 Å². The predicted octanol–water partition coefficient (Wildman–Crippen LogP) is 1.59. The van der Waals surface area contributed by atoms with E-state index in [0.29, 0.717) is 43.7 Å². The highest BCUT2D eigenvalue weighted by Gasteiger charge is 2.27. The Kier molecular flexibility index (Phi) is 4.35. The summed E-state index contributed by atoms with van der Waals surface area (Å²) in [6, 6.07) is 4.56. The van der Waals surface area contributed by atoms with Gasteiger partial charge in [-0.3, -0.25) is 9.89 Å². The summed E-state index contributed by atoms with van der Waals surface area (Å²) in [5, 5.41) is 9.71. The zero-order valence-electron chi connectivity index (χ0n) is 13.8. The van der Waals surface area contributed by atoms with Gasteiger partial charge in [0.1, 0.15) is 11.6 Å². The van der Waals surface area contributed by atoms with E-state index in [1.807, 2.05) is 4.90 Å². The molecule has 0 spiro atoms. The van der Waals surface area contributed by atoms with Crippen LogP contribution in [0.1, 0.15) is 40.8 Å². The molecule has 1 aliphatic heterocycles. The maximum atomic E-state index is 14.4. The van der Waals surface area contributed by atoms with E-state index in [4.69, 9.17) is 4.74 Å². The molecule has 1 amide bonds. The quantitative estimate of drug-likeness (QED) is 0.860. The first-order valence-electron chi connectivity index (χ1n) is 8.52. The number of morpholine rings is 1. The van der Waals surface area contributed by atoms with Gasteiger partial charge >= 0.3 is 0 Å². The van der Waals surface area contributed by atoms with Crippen LogP contribution < -0.4 is 10.2 Å². The maximum absolute atomic E-state index is 14.4. The number of rotatable bonds is 5. The second kappa shape index (κ2) is 6.79. The van der Waals surface area contributed by atoms with E-state index < -0.39 is 5.82 Å². The molecule has 1 saturated heterocycles. The Bertz CT molecular complexity index is 768. The first-order valence-corrected chi connectivity index (χ1v) is 8.52. The molecule has 4 rings (SSSR count).